The zero-order valence-electron chi connectivity index (χ0n) is 17.1. The molecule has 0 spiro atoms. The number of anilines is 1. The number of benzene rings is 3. The van der Waals surface area contributed by atoms with Crippen LogP contribution in [0.25, 0.3) is 6.08 Å². The summed E-state index contributed by atoms with van der Waals surface area (Å²) in [5.41, 5.74) is 4.77. The highest BCUT2D eigenvalue weighted by Crippen LogP contribution is 2.38. The number of methoxy groups -OCH3 is 1. The molecule has 1 aliphatic rings. The molecule has 1 fully saturated rings. The van der Waals surface area contributed by atoms with Crippen molar-refractivity contribution in [2.45, 2.75) is 13.8 Å². The predicted molar refractivity (Wildman–Crippen MR) is 126 cm³/mol. The Bertz CT molecular complexity index is 1130. The number of nitrogens with zero attached hydrogens (tertiary/aromatic N) is 2. The van der Waals surface area contributed by atoms with Gasteiger partial charge in [0.2, 0.25) is 0 Å². The molecule has 0 saturated carbocycles. The molecule has 0 atom stereocenters. The maximum absolute atomic E-state index is 13.4. The van der Waals surface area contributed by atoms with Crippen molar-refractivity contribution in [2.75, 3.05) is 12.0 Å². The zero-order chi connectivity index (χ0) is 21.1. The normalized spacial score (nSPS) is 16.5. The molecule has 0 N–H and O–H groups in total. The van der Waals surface area contributed by atoms with Crippen LogP contribution in [0.1, 0.15) is 16.7 Å². The Morgan fingerprint density at radius 1 is 0.900 bits per heavy atom. The second kappa shape index (κ2) is 8.59. The van der Waals surface area contributed by atoms with E-state index in [0.29, 0.717) is 10.1 Å². The Hall–Kier alpha value is -3.31. The van der Waals surface area contributed by atoms with Crippen LogP contribution in [-0.2, 0) is 4.79 Å². The fourth-order valence-corrected chi connectivity index (χ4v) is 4.12. The van der Waals surface area contributed by atoms with E-state index >= 15 is 0 Å². The molecule has 4 rings (SSSR count). The van der Waals surface area contributed by atoms with Crippen molar-refractivity contribution in [1.29, 1.82) is 0 Å². The molecule has 0 aliphatic carbocycles. The highest BCUT2D eigenvalue weighted by atomic mass is 32.2. The molecule has 0 unspecified atom stereocenters. The van der Waals surface area contributed by atoms with E-state index in [1.165, 1.54) is 17.3 Å². The summed E-state index contributed by atoms with van der Waals surface area (Å²) < 4.78 is 5.44. The van der Waals surface area contributed by atoms with Crippen molar-refractivity contribution in [3.8, 4) is 5.75 Å². The number of aliphatic imine (C=N–C) groups is 1. The molecule has 150 valence electrons. The fourth-order valence-electron chi connectivity index (χ4n) is 3.13. The van der Waals surface area contributed by atoms with Crippen LogP contribution in [0.2, 0.25) is 0 Å². The lowest BCUT2D eigenvalue weighted by atomic mass is 10.1. The number of amides is 1. The largest absolute Gasteiger partial charge is 0.496 e. The molecule has 4 nitrogen and oxygen atoms in total. The lowest BCUT2D eigenvalue weighted by molar-refractivity contribution is -0.113. The summed E-state index contributed by atoms with van der Waals surface area (Å²) in [5, 5.41) is 0.633. The van der Waals surface area contributed by atoms with E-state index in [-0.39, 0.29) is 5.91 Å². The third kappa shape index (κ3) is 4.16. The van der Waals surface area contributed by atoms with Crippen molar-refractivity contribution >= 4 is 40.3 Å². The van der Waals surface area contributed by atoms with Gasteiger partial charge in [-0.2, -0.15) is 0 Å². The van der Waals surface area contributed by atoms with E-state index in [9.17, 15) is 4.79 Å². The molecule has 1 heterocycles. The predicted octanol–water partition coefficient (Wildman–Crippen LogP) is 6.12. The molecule has 3 aromatic carbocycles. The Kier molecular flexibility index (Phi) is 5.72. The number of carbonyl (C=O) groups is 1. The van der Waals surface area contributed by atoms with Crippen LogP contribution in [0.15, 0.2) is 82.7 Å². The summed E-state index contributed by atoms with van der Waals surface area (Å²) in [4.78, 5) is 20.4. The second-order valence-electron chi connectivity index (χ2n) is 7.06. The van der Waals surface area contributed by atoms with Gasteiger partial charge in [-0.3, -0.25) is 9.69 Å². The van der Waals surface area contributed by atoms with E-state index in [2.05, 4.69) is 0 Å². The summed E-state index contributed by atoms with van der Waals surface area (Å²) in [7, 11) is 1.63. The van der Waals surface area contributed by atoms with Crippen LogP contribution in [0.5, 0.6) is 5.75 Å². The lowest BCUT2D eigenvalue weighted by Gasteiger charge is -2.16. The van der Waals surface area contributed by atoms with Crippen molar-refractivity contribution in [3.63, 3.8) is 0 Å². The number of hydrogen-bond donors (Lipinski definition) is 0. The number of amidine groups is 1. The number of thioether (sulfide) groups is 1. The number of para-hydroxylation sites is 1. The quantitative estimate of drug-likeness (QED) is 0.483. The van der Waals surface area contributed by atoms with E-state index in [1.54, 1.807) is 12.0 Å². The summed E-state index contributed by atoms with van der Waals surface area (Å²) in [6, 6.07) is 23.5. The van der Waals surface area contributed by atoms with Gasteiger partial charge in [-0.25, -0.2) is 4.99 Å². The number of rotatable bonds is 4. The minimum absolute atomic E-state index is 0.0966. The van der Waals surface area contributed by atoms with Gasteiger partial charge in [0.15, 0.2) is 5.17 Å². The van der Waals surface area contributed by atoms with Crippen LogP contribution in [-0.4, -0.2) is 18.2 Å². The average Bonchev–Trinajstić information content (AvgIpc) is 3.05. The van der Waals surface area contributed by atoms with Gasteiger partial charge in [0.05, 0.1) is 23.4 Å². The van der Waals surface area contributed by atoms with Crippen LogP contribution in [0.4, 0.5) is 11.4 Å². The van der Waals surface area contributed by atoms with Crippen LogP contribution < -0.4 is 9.64 Å². The van der Waals surface area contributed by atoms with Crippen LogP contribution >= 0.6 is 11.8 Å². The third-order valence-corrected chi connectivity index (χ3v) is 5.75. The van der Waals surface area contributed by atoms with Gasteiger partial charge in [-0.05, 0) is 62.0 Å². The number of hydrogen-bond acceptors (Lipinski definition) is 4. The highest BCUT2D eigenvalue weighted by Gasteiger charge is 2.34. The Morgan fingerprint density at radius 3 is 2.20 bits per heavy atom. The van der Waals surface area contributed by atoms with Gasteiger partial charge in [-0.1, -0.05) is 53.6 Å². The summed E-state index contributed by atoms with van der Waals surface area (Å²) in [5.74, 6) is 0.629. The molecule has 30 heavy (non-hydrogen) atoms. The van der Waals surface area contributed by atoms with Crippen LogP contribution in [0, 0.1) is 13.8 Å². The first kappa shape index (κ1) is 20.0. The standard InChI is InChI=1S/C25H22N2O2S/c1-17-8-12-20(13-9-17)26-25-27(21-14-10-18(2)11-15-21)24(28)23(30-25)16-19-6-4-5-7-22(19)29-3/h4-16H,1-3H3/b23-16-,26-25?. The summed E-state index contributed by atoms with van der Waals surface area (Å²) in [6.07, 6.45) is 1.87. The van der Waals surface area contributed by atoms with Crippen molar-refractivity contribution in [1.82, 2.24) is 0 Å². The van der Waals surface area contributed by atoms with E-state index in [0.717, 1.165) is 28.3 Å². The van der Waals surface area contributed by atoms with Crippen molar-refractivity contribution < 1.29 is 9.53 Å². The minimum atomic E-state index is -0.0966. The van der Waals surface area contributed by atoms with E-state index < -0.39 is 0 Å². The first-order valence-corrected chi connectivity index (χ1v) is 10.5. The molecule has 1 saturated heterocycles. The van der Waals surface area contributed by atoms with Gasteiger partial charge in [0.1, 0.15) is 5.75 Å². The van der Waals surface area contributed by atoms with E-state index in [1.807, 2.05) is 92.7 Å². The van der Waals surface area contributed by atoms with Gasteiger partial charge in [0.25, 0.3) is 5.91 Å². The SMILES string of the molecule is COc1ccccc1/C=C1\SC(=Nc2ccc(C)cc2)N(c2ccc(C)cc2)C1=O. The molecule has 0 radical (unpaired) electrons. The van der Waals surface area contributed by atoms with E-state index in [4.69, 9.17) is 9.73 Å². The molecular weight excluding hydrogens is 392 g/mol. The third-order valence-electron chi connectivity index (χ3n) is 4.78. The summed E-state index contributed by atoms with van der Waals surface area (Å²) >= 11 is 1.37. The molecule has 1 aliphatic heterocycles. The number of ether oxygens (including phenoxy) is 1. The smallest absolute Gasteiger partial charge is 0.271 e. The Morgan fingerprint density at radius 2 is 1.53 bits per heavy atom. The molecule has 3 aromatic rings. The topological polar surface area (TPSA) is 41.9 Å². The van der Waals surface area contributed by atoms with Gasteiger partial charge in [-0.15, -0.1) is 0 Å². The van der Waals surface area contributed by atoms with Gasteiger partial charge < -0.3 is 4.74 Å². The fraction of sp³-hybridized carbons (Fsp3) is 0.120. The molecule has 0 bridgehead atoms. The molecule has 5 heteroatoms. The minimum Gasteiger partial charge on any atom is -0.496 e. The zero-order valence-corrected chi connectivity index (χ0v) is 17.9. The Labute approximate surface area is 180 Å². The first-order chi connectivity index (χ1) is 14.5. The molecule has 0 aromatic heterocycles. The molecular formula is C25H22N2O2S. The van der Waals surface area contributed by atoms with Crippen molar-refractivity contribution in [3.05, 3.63) is 94.4 Å². The van der Waals surface area contributed by atoms with Gasteiger partial charge >= 0.3 is 0 Å². The number of aryl methyl sites for hydroxylation is 2. The van der Waals surface area contributed by atoms with Gasteiger partial charge in [0, 0.05) is 5.56 Å². The second-order valence-corrected chi connectivity index (χ2v) is 8.07. The number of carbonyl (C=O) groups excluding carboxylic acids is 1. The maximum atomic E-state index is 13.4. The van der Waals surface area contributed by atoms with Crippen molar-refractivity contribution in [2.24, 2.45) is 4.99 Å². The lowest BCUT2D eigenvalue weighted by Crippen LogP contribution is -2.28. The Balaban J connectivity index is 1.78. The maximum Gasteiger partial charge on any atom is 0.271 e. The molecule has 1 amide bonds. The van der Waals surface area contributed by atoms with Crippen LogP contribution in [0.3, 0.4) is 0 Å². The summed E-state index contributed by atoms with van der Waals surface area (Å²) in [6.45, 7) is 4.07. The monoisotopic (exact) mass is 414 g/mol. The first-order valence-electron chi connectivity index (χ1n) is 9.64. The highest BCUT2D eigenvalue weighted by molar-refractivity contribution is 8.19. The average molecular weight is 415 g/mol.